The van der Waals surface area contributed by atoms with Crippen molar-refractivity contribution < 1.29 is 13.2 Å². The summed E-state index contributed by atoms with van der Waals surface area (Å²) in [6, 6.07) is 4.28. The molecule has 104 valence electrons. The second kappa shape index (κ2) is 5.61. The highest BCUT2D eigenvalue weighted by molar-refractivity contribution is 7.89. The average molecular weight is 302 g/mol. The number of carbonyl (C=O) groups excluding carboxylic acids is 1. The van der Waals surface area contributed by atoms with Gasteiger partial charge in [0.2, 0.25) is 10.0 Å². The second-order valence-electron chi connectivity index (χ2n) is 4.80. The van der Waals surface area contributed by atoms with Gasteiger partial charge >= 0.3 is 0 Å². The van der Waals surface area contributed by atoms with Gasteiger partial charge in [0.15, 0.2) is 5.78 Å². The maximum atomic E-state index is 12.3. The first-order valence-electron chi connectivity index (χ1n) is 6.23. The van der Waals surface area contributed by atoms with Crippen LogP contribution in [0.5, 0.6) is 0 Å². The predicted molar refractivity (Wildman–Crippen MR) is 74.0 cm³/mol. The zero-order chi connectivity index (χ0) is 14.0. The van der Waals surface area contributed by atoms with Crippen molar-refractivity contribution in [1.82, 2.24) is 4.72 Å². The quantitative estimate of drug-likeness (QED) is 0.870. The highest BCUT2D eigenvalue weighted by atomic mass is 35.5. The molecule has 0 spiro atoms. The normalized spacial score (nSPS) is 16.7. The third-order valence-corrected chi connectivity index (χ3v) is 5.31. The number of hydrogen-bond donors (Lipinski definition) is 1. The van der Waals surface area contributed by atoms with Crippen LogP contribution in [0.25, 0.3) is 0 Å². The summed E-state index contributed by atoms with van der Waals surface area (Å²) in [5, 5.41) is 0.135. The molecule has 1 N–H and O–H groups in total. The summed E-state index contributed by atoms with van der Waals surface area (Å²) in [4.78, 5) is 11.3. The molecule has 19 heavy (non-hydrogen) atoms. The van der Waals surface area contributed by atoms with E-state index in [1.165, 1.54) is 25.1 Å². The van der Waals surface area contributed by atoms with Crippen molar-refractivity contribution in [3.63, 3.8) is 0 Å². The van der Waals surface area contributed by atoms with Gasteiger partial charge in [-0.3, -0.25) is 4.79 Å². The zero-order valence-corrected chi connectivity index (χ0v) is 12.2. The third kappa shape index (κ3) is 3.35. The van der Waals surface area contributed by atoms with E-state index in [4.69, 9.17) is 11.6 Å². The molecule has 0 bridgehead atoms. The van der Waals surface area contributed by atoms with Crippen molar-refractivity contribution in [3.8, 4) is 0 Å². The van der Waals surface area contributed by atoms with Gasteiger partial charge in [-0.2, -0.15) is 0 Å². The highest BCUT2D eigenvalue weighted by Crippen LogP contribution is 2.25. The van der Waals surface area contributed by atoms with Gasteiger partial charge in [0.25, 0.3) is 0 Å². The van der Waals surface area contributed by atoms with Crippen LogP contribution in [-0.2, 0) is 10.0 Å². The smallest absolute Gasteiger partial charge is 0.242 e. The predicted octanol–water partition coefficient (Wildman–Crippen LogP) is 2.76. The molecule has 1 aromatic carbocycles. The van der Waals surface area contributed by atoms with E-state index in [1.807, 2.05) is 0 Å². The topological polar surface area (TPSA) is 63.2 Å². The molecule has 0 amide bonds. The molecule has 1 fully saturated rings. The summed E-state index contributed by atoms with van der Waals surface area (Å²) < 4.78 is 27.2. The van der Waals surface area contributed by atoms with Crippen molar-refractivity contribution in [3.05, 3.63) is 28.8 Å². The minimum absolute atomic E-state index is 0.0197. The Hall–Kier alpha value is -0.910. The Balaban J connectivity index is 2.33. The number of halogens is 1. The molecule has 0 radical (unpaired) electrons. The summed E-state index contributed by atoms with van der Waals surface area (Å²) in [7, 11) is -3.66. The van der Waals surface area contributed by atoms with Crippen LogP contribution in [0.3, 0.4) is 0 Å². The van der Waals surface area contributed by atoms with Crippen LogP contribution in [0.15, 0.2) is 23.1 Å². The fourth-order valence-electron chi connectivity index (χ4n) is 2.25. The van der Waals surface area contributed by atoms with Crippen LogP contribution >= 0.6 is 11.6 Å². The summed E-state index contributed by atoms with van der Waals surface area (Å²) >= 11 is 5.94. The van der Waals surface area contributed by atoms with Gasteiger partial charge < -0.3 is 0 Å². The lowest BCUT2D eigenvalue weighted by Crippen LogP contribution is -2.32. The Bertz CT molecular complexity index is 592. The van der Waals surface area contributed by atoms with Crippen LogP contribution in [-0.4, -0.2) is 20.2 Å². The van der Waals surface area contributed by atoms with Crippen LogP contribution in [0.2, 0.25) is 5.02 Å². The first kappa shape index (κ1) is 14.5. The fourth-order valence-corrected chi connectivity index (χ4v) is 4.09. The maximum Gasteiger partial charge on any atom is 0.242 e. The van der Waals surface area contributed by atoms with Gasteiger partial charge in [-0.05, 0) is 38.0 Å². The van der Waals surface area contributed by atoms with Gasteiger partial charge in [-0.25, -0.2) is 13.1 Å². The van der Waals surface area contributed by atoms with Crippen LogP contribution < -0.4 is 4.72 Å². The van der Waals surface area contributed by atoms with Crippen molar-refractivity contribution in [1.29, 1.82) is 0 Å². The standard InChI is InChI=1S/C13H16ClNO3S/c1-9(16)10-6-7-12(14)13(8-10)19(17,18)15-11-4-2-3-5-11/h6-8,11,15H,2-5H2,1H3. The van der Waals surface area contributed by atoms with E-state index in [-0.39, 0.29) is 21.7 Å². The van der Waals surface area contributed by atoms with Crippen molar-refractivity contribution in [2.24, 2.45) is 0 Å². The summed E-state index contributed by atoms with van der Waals surface area (Å²) in [5.41, 5.74) is 0.344. The molecule has 0 aliphatic heterocycles. The van der Waals surface area contributed by atoms with Crippen molar-refractivity contribution in [2.45, 2.75) is 43.5 Å². The molecule has 2 rings (SSSR count). The molecule has 0 atom stereocenters. The summed E-state index contributed by atoms with van der Waals surface area (Å²) in [6.45, 7) is 1.39. The monoisotopic (exact) mass is 301 g/mol. The fraction of sp³-hybridized carbons (Fsp3) is 0.462. The molecule has 1 saturated carbocycles. The molecule has 1 aliphatic rings. The number of ketones is 1. The molecule has 1 aromatic rings. The first-order valence-corrected chi connectivity index (χ1v) is 8.09. The second-order valence-corrected chi connectivity index (χ2v) is 6.89. The average Bonchev–Trinajstić information content (AvgIpc) is 2.81. The molecule has 1 aliphatic carbocycles. The zero-order valence-electron chi connectivity index (χ0n) is 10.6. The minimum Gasteiger partial charge on any atom is -0.295 e. The Morgan fingerprint density at radius 2 is 1.95 bits per heavy atom. The molecule has 0 unspecified atom stereocenters. The van der Waals surface area contributed by atoms with Gasteiger partial charge in [0, 0.05) is 11.6 Å². The SMILES string of the molecule is CC(=O)c1ccc(Cl)c(S(=O)(=O)NC2CCCC2)c1. The largest absolute Gasteiger partial charge is 0.295 e. The van der Waals surface area contributed by atoms with Gasteiger partial charge in [-0.15, -0.1) is 0 Å². The number of sulfonamides is 1. The lowest BCUT2D eigenvalue weighted by atomic mass is 10.1. The Labute approximate surface area is 118 Å². The Morgan fingerprint density at radius 3 is 2.53 bits per heavy atom. The van der Waals surface area contributed by atoms with Crippen LogP contribution in [0, 0.1) is 0 Å². The van der Waals surface area contributed by atoms with E-state index in [0.717, 1.165) is 25.7 Å². The summed E-state index contributed by atoms with van der Waals surface area (Å²) in [5.74, 6) is -0.186. The van der Waals surface area contributed by atoms with E-state index < -0.39 is 10.0 Å². The van der Waals surface area contributed by atoms with Crippen molar-refractivity contribution in [2.75, 3.05) is 0 Å². The number of Topliss-reactive ketones (excluding diaryl/α,β-unsaturated/α-hetero) is 1. The van der Waals surface area contributed by atoms with E-state index in [2.05, 4.69) is 4.72 Å². The summed E-state index contributed by atoms with van der Waals surface area (Å²) in [6.07, 6.45) is 3.77. The van der Waals surface area contributed by atoms with E-state index in [1.54, 1.807) is 0 Å². The number of rotatable bonds is 4. The Kier molecular flexibility index (Phi) is 4.28. The van der Waals surface area contributed by atoms with Crippen molar-refractivity contribution >= 4 is 27.4 Å². The molecule has 4 nitrogen and oxygen atoms in total. The lowest BCUT2D eigenvalue weighted by Gasteiger charge is -2.14. The van der Waals surface area contributed by atoms with Crippen LogP contribution in [0.4, 0.5) is 0 Å². The number of nitrogens with one attached hydrogen (secondary N) is 1. The number of hydrogen-bond acceptors (Lipinski definition) is 3. The van der Waals surface area contributed by atoms with Crippen LogP contribution in [0.1, 0.15) is 43.0 Å². The van der Waals surface area contributed by atoms with E-state index >= 15 is 0 Å². The third-order valence-electron chi connectivity index (χ3n) is 3.30. The van der Waals surface area contributed by atoms with E-state index in [0.29, 0.717) is 5.56 Å². The first-order chi connectivity index (χ1) is 8.90. The molecular weight excluding hydrogens is 286 g/mol. The maximum absolute atomic E-state index is 12.3. The van der Waals surface area contributed by atoms with Gasteiger partial charge in [0.05, 0.1) is 5.02 Å². The molecule has 0 heterocycles. The number of carbonyl (C=O) groups is 1. The van der Waals surface area contributed by atoms with Gasteiger partial charge in [-0.1, -0.05) is 24.4 Å². The highest BCUT2D eigenvalue weighted by Gasteiger charge is 2.25. The number of benzene rings is 1. The molecule has 0 aromatic heterocycles. The molecule has 0 saturated heterocycles. The lowest BCUT2D eigenvalue weighted by molar-refractivity contribution is 0.101. The van der Waals surface area contributed by atoms with E-state index in [9.17, 15) is 13.2 Å². The minimum atomic E-state index is -3.66. The molecule has 6 heteroatoms. The molecular formula is C13H16ClNO3S. The Morgan fingerprint density at radius 1 is 1.32 bits per heavy atom. The van der Waals surface area contributed by atoms with Gasteiger partial charge in [0.1, 0.15) is 4.90 Å².